The number of alkyl halides is 1. The Balaban J connectivity index is 2.10. The Labute approximate surface area is 174 Å². The second-order valence-electron chi connectivity index (χ2n) is 6.69. The van der Waals surface area contributed by atoms with Gasteiger partial charge in [0.1, 0.15) is 0 Å². The van der Waals surface area contributed by atoms with Crippen molar-refractivity contribution in [1.29, 1.82) is 0 Å². The molecule has 4 nitrogen and oxygen atoms in total. The minimum Gasteiger partial charge on any atom is -0.478 e. The Morgan fingerprint density at radius 1 is 0.931 bits per heavy atom. The molecule has 150 valence electrons. The Kier molecular flexibility index (Phi) is 6.37. The number of aliphatic carboxylic acids is 1. The van der Waals surface area contributed by atoms with Crippen molar-refractivity contribution < 1.29 is 19.0 Å². The van der Waals surface area contributed by atoms with Crippen LogP contribution in [0.15, 0.2) is 84.9 Å². The highest BCUT2D eigenvalue weighted by molar-refractivity contribution is 7.80. The van der Waals surface area contributed by atoms with Gasteiger partial charge in [-0.05, 0) is 16.7 Å². The van der Waals surface area contributed by atoms with Crippen LogP contribution in [0.1, 0.15) is 22.3 Å². The highest BCUT2D eigenvalue weighted by atomic mass is 32.1. The highest BCUT2D eigenvalue weighted by Crippen LogP contribution is 2.42. The molecule has 0 saturated carbocycles. The van der Waals surface area contributed by atoms with Gasteiger partial charge < -0.3 is 9.84 Å². The van der Waals surface area contributed by atoms with Crippen LogP contribution in [0.25, 0.3) is 0 Å². The molecule has 3 aromatic rings. The molecular formula is C23H22FNO3S. The van der Waals surface area contributed by atoms with Crippen LogP contribution < -0.4 is 5.73 Å². The first kappa shape index (κ1) is 21.0. The lowest BCUT2D eigenvalue weighted by Gasteiger charge is -2.30. The van der Waals surface area contributed by atoms with Gasteiger partial charge in [0.2, 0.25) is 5.72 Å². The third-order valence-corrected chi connectivity index (χ3v) is 5.28. The maximum absolute atomic E-state index is 16.9. The largest absolute Gasteiger partial charge is 0.478 e. The van der Waals surface area contributed by atoms with Crippen LogP contribution in [0, 0.1) is 0 Å². The fraction of sp³-hybridized carbons (Fsp3) is 0.174. The molecule has 3 aromatic carbocycles. The molecule has 0 aliphatic rings. The molecule has 0 aromatic heterocycles. The van der Waals surface area contributed by atoms with Crippen LogP contribution >= 0.6 is 12.6 Å². The van der Waals surface area contributed by atoms with Crippen LogP contribution in [0.2, 0.25) is 0 Å². The molecule has 0 fully saturated rings. The van der Waals surface area contributed by atoms with E-state index in [1.165, 1.54) is 0 Å². The number of ether oxygens (including phenoxy) is 1. The lowest BCUT2D eigenvalue weighted by molar-refractivity contribution is -0.163. The maximum Gasteiger partial charge on any atom is 0.352 e. The van der Waals surface area contributed by atoms with Crippen molar-refractivity contribution in [1.82, 2.24) is 0 Å². The standard InChI is InChI=1S/C23H22FNO3S/c24-23(18-10-3-1-4-11-18,19-12-5-2-6-13-19)20-14-8-7-9-17(20)15-28-22(25,16-29)21(26)27/h1-14,29H,15-16,25H2,(H,26,27)/t22-/m1/s1. The summed E-state index contributed by atoms with van der Waals surface area (Å²) in [5, 5.41) is 9.32. The molecule has 0 radical (unpaired) electrons. The zero-order valence-corrected chi connectivity index (χ0v) is 16.6. The van der Waals surface area contributed by atoms with Gasteiger partial charge >= 0.3 is 5.97 Å². The molecule has 0 heterocycles. The number of hydrogen-bond acceptors (Lipinski definition) is 4. The number of nitrogens with two attached hydrogens (primary N) is 1. The molecule has 0 saturated heterocycles. The summed E-state index contributed by atoms with van der Waals surface area (Å²) in [5.74, 6) is -1.55. The number of rotatable bonds is 8. The first-order valence-corrected chi connectivity index (χ1v) is 9.70. The van der Waals surface area contributed by atoms with E-state index in [9.17, 15) is 9.90 Å². The maximum atomic E-state index is 16.9. The van der Waals surface area contributed by atoms with Crippen molar-refractivity contribution in [2.75, 3.05) is 5.75 Å². The fourth-order valence-electron chi connectivity index (χ4n) is 3.18. The summed E-state index contributed by atoms with van der Waals surface area (Å²) in [6, 6.07) is 24.5. The lowest BCUT2D eigenvalue weighted by Crippen LogP contribution is -2.52. The van der Waals surface area contributed by atoms with Gasteiger partial charge in [-0.3, -0.25) is 5.73 Å². The van der Waals surface area contributed by atoms with E-state index in [1.807, 2.05) is 12.1 Å². The van der Waals surface area contributed by atoms with E-state index in [0.717, 1.165) is 0 Å². The summed E-state index contributed by atoms with van der Waals surface area (Å²) in [7, 11) is 0. The minimum absolute atomic E-state index is 0.176. The normalized spacial score (nSPS) is 13.6. The summed E-state index contributed by atoms with van der Waals surface area (Å²) in [6.45, 7) is -0.176. The van der Waals surface area contributed by atoms with Crippen LogP contribution in [0.5, 0.6) is 0 Å². The van der Waals surface area contributed by atoms with Crippen molar-refractivity contribution >= 4 is 18.6 Å². The molecule has 0 aliphatic heterocycles. The topological polar surface area (TPSA) is 72.5 Å². The van der Waals surface area contributed by atoms with Gasteiger partial charge in [-0.25, -0.2) is 9.18 Å². The van der Waals surface area contributed by atoms with Gasteiger partial charge in [0.15, 0.2) is 5.67 Å². The van der Waals surface area contributed by atoms with Crippen molar-refractivity contribution in [3.05, 3.63) is 107 Å². The first-order valence-electron chi connectivity index (χ1n) is 9.07. The number of halogens is 1. The number of carbonyl (C=O) groups is 1. The van der Waals surface area contributed by atoms with Crippen molar-refractivity contribution in [3.63, 3.8) is 0 Å². The van der Waals surface area contributed by atoms with Gasteiger partial charge in [0, 0.05) is 11.3 Å². The molecule has 3 rings (SSSR count). The highest BCUT2D eigenvalue weighted by Gasteiger charge is 2.39. The Hall–Kier alpha value is -2.67. The number of carboxylic acid groups (broad SMARTS) is 1. The summed E-state index contributed by atoms with van der Waals surface area (Å²) >= 11 is 3.98. The number of thiol groups is 1. The zero-order valence-electron chi connectivity index (χ0n) is 15.7. The molecule has 0 unspecified atom stereocenters. The molecule has 0 bridgehead atoms. The van der Waals surface area contributed by atoms with Crippen LogP contribution in [0.3, 0.4) is 0 Å². The Morgan fingerprint density at radius 3 is 1.90 bits per heavy atom. The molecule has 0 amide bonds. The van der Waals surface area contributed by atoms with E-state index >= 15 is 4.39 Å². The van der Waals surface area contributed by atoms with E-state index in [-0.39, 0.29) is 12.4 Å². The van der Waals surface area contributed by atoms with Gasteiger partial charge in [-0.15, -0.1) is 0 Å². The van der Waals surface area contributed by atoms with Crippen molar-refractivity contribution in [2.45, 2.75) is 18.0 Å². The van der Waals surface area contributed by atoms with E-state index in [2.05, 4.69) is 12.6 Å². The average Bonchev–Trinajstić information content (AvgIpc) is 2.78. The van der Waals surface area contributed by atoms with Gasteiger partial charge in [0.25, 0.3) is 0 Å². The first-order chi connectivity index (χ1) is 13.9. The number of benzene rings is 3. The Bertz CT molecular complexity index is 929. The number of carboxylic acids is 1. The Morgan fingerprint density at radius 2 is 1.41 bits per heavy atom. The third-order valence-electron chi connectivity index (χ3n) is 4.81. The molecule has 0 spiro atoms. The fourth-order valence-corrected chi connectivity index (χ4v) is 3.40. The smallest absolute Gasteiger partial charge is 0.352 e. The summed E-state index contributed by atoms with van der Waals surface area (Å²) in [4.78, 5) is 11.4. The van der Waals surface area contributed by atoms with Crippen molar-refractivity contribution in [2.24, 2.45) is 5.73 Å². The average molecular weight is 411 g/mol. The molecule has 0 aliphatic carbocycles. The number of hydrogen-bond donors (Lipinski definition) is 3. The molecule has 1 atom stereocenters. The van der Waals surface area contributed by atoms with Gasteiger partial charge in [-0.1, -0.05) is 84.9 Å². The zero-order chi connectivity index (χ0) is 20.9. The third kappa shape index (κ3) is 4.19. The van der Waals surface area contributed by atoms with E-state index in [0.29, 0.717) is 22.3 Å². The van der Waals surface area contributed by atoms with Crippen LogP contribution in [-0.2, 0) is 21.8 Å². The molecule has 29 heavy (non-hydrogen) atoms. The lowest BCUT2D eigenvalue weighted by atomic mass is 9.80. The molecular weight excluding hydrogens is 389 g/mol. The SMILES string of the molecule is N[C@](CS)(OCc1ccccc1C(F)(c1ccccc1)c1ccccc1)C(=O)O. The van der Waals surface area contributed by atoms with E-state index < -0.39 is 17.4 Å². The second-order valence-corrected chi connectivity index (χ2v) is 7.01. The summed E-state index contributed by atoms with van der Waals surface area (Å²) < 4.78 is 22.4. The van der Waals surface area contributed by atoms with E-state index in [1.54, 1.807) is 72.8 Å². The molecule has 6 heteroatoms. The quantitative estimate of drug-likeness (QED) is 0.296. The van der Waals surface area contributed by atoms with Gasteiger partial charge in [0.05, 0.1) is 6.61 Å². The van der Waals surface area contributed by atoms with Crippen LogP contribution in [0.4, 0.5) is 4.39 Å². The van der Waals surface area contributed by atoms with E-state index in [4.69, 9.17) is 10.5 Å². The van der Waals surface area contributed by atoms with Gasteiger partial charge in [-0.2, -0.15) is 12.6 Å². The minimum atomic E-state index is -1.96. The predicted octanol–water partition coefficient (Wildman–Crippen LogP) is 4.13. The van der Waals surface area contributed by atoms with Crippen LogP contribution in [-0.4, -0.2) is 22.6 Å². The predicted molar refractivity (Wildman–Crippen MR) is 114 cm³/mol. The van der Waals surface area contributed by atoms with Crippen molar-refractivity contribution in [3.8, 4) is 0 Å². The summed E-state index contributed by atoms with van der Waals surface area (Å²) in [5.41, 5.74) is 3.65. The molecule has 3 N–H and O–H groups in total. The summed E-state index contributed by atoms with van der Waals surface area (Å²) in [6.07, 6.45) is 0. The monoisotopic (exact) mass is 411 g/mol. The second kappa shape index (κ2) is 8.78.